The molecule has 1 aliphatic heterocycles. The molecule has 0 saturated carbocycles. The maximum Gasteiger partial charge on any atom is 0.335 e. The van der Waals surface area contributed by atoms with Gasteiger partial charge in [-0.3, -0.25) is 0 Å². The predicted octanol–water partition coefficient (Wildman–Crippen LogP) is 3.49. The van der Waals surface area contributed by atoms with Gasteiger partial charge in [0.25, 0.3) is 0 Å². The van der Waals surface area contributed by atoms with Crippen LogP contribution in [-0.2, 0) is 0 Å². The topological polar surface area (TPSA) is 69.6 Å². The molecule has 5 heteroatoms. The molecule has 2 atom stereocenters. The number of aryl methyl sites for hydroxylation is 1. The number of carboxylic acids is 1. The second kappa shape index (κ2) is 6.16. The number of rotatable bonds is 2. The Morgan fingerprint density at radius 3 is 2.43 bits per heavy atom. The monoisotopic (exact) mass is 290 g/mol. The van der Waals surface area contributed by atoms with Crippen molar-refractivity contribution in [3.63, 3.8) is 0 Å². The van der Waals surface area contributed by atoms with Crippen LogP contribution in [0.2, 0.25) is 0 Å². The van der Waals surface area contributed by atoms with Gasteiger partial charge in [0.2, 0.25) is 0 Å². The molecule has 1 heterocycles. The highest BCUT2D eigenvalue weighted by atomic mass is 16.4. The molecule has 2 unspecified atom stereocenters. The van der Waals surface area contributed by atoms with Crippen LogP contribution in [-0.4, -0.2) is 34.1 Å². The third kappa shape index (κ3) is 3.35. The molecule has 114 valence electrons. The largest absolute Gasteiger partial charge is 0.478 e. The van der Waals surface area contributed by atoms with E-state index in [9.17, 15) is 9.59 Å². The summed E-state index contributed by atoms with van der Waals surface area (Å²) >= 11 is 0. The van der Waals surface area contributed by atoms with Crippen molar-refractivity contribution in [1.29, 1.82) is 0 Å². The highest BCUT2D eigenvalue weighted by Gasteiger charge is 2.29. The Hall–Kier alpha value is -2.04. The fourth-order valence-corrected chi connectivity index (χ4v) is 2.89. The standard InChI is InChI=1S/C16H22N2O3/c1-10-7-8-13(15(19)20)9-14(10)17-16(21)18-11(2)5-4-6-12(18)3/h7-9,11-12H,4-6H2,1-3H3,(H,17,21)(H,19,20). The molecule has 0 radical (unpaired) electrons. The second-order valence-electron chi connectivity index (χ2n) is 5.80. The van der Waals surface area contributed by atoms with E-state index in [1.807, 2.05) is 11.8 Å². The Labute approximate surface area is 125 Å². The van der Waals surface area contributed by atoms with Crippen molar-refractivity contribution in [2.45, 2.75) is 52.1 Å². The molecule has 2 rings (SSSR count). The van der Waals surface area contributed by atoms with Gasteiger partial charge in [0, 0.05) is 17.8 Å². The first kappa shape index (κ1) is 15.4. The first-order valence-electron chi connectivity index (χ1n) is 7.33. The van der Waals surface area contributed by atoms with E-state index in [4.69, 9.17) is 5.11 Å². The summed E-state index contributed by atoms with van der Waals surface area (Å²) in [6.45, 7) is 5.95. The Morgan fingerprint density at radius 1 is 1.24 bits per heavy atom. The Kier molecular flexibility index (Phi) is 4.50. The summed E-state index contributed by atoms with van der Waals surface area (Å²) < 4.78 is 0. The fourth-order valence-electron chi connectivity index (χ4n) is 2.89. The molecule has 1 fully saturated rings. The molecule has 1 aliphatic rings. The number of anilines is 1. The molecule has 2 amide bonds. The number of likely N-dealkylation sites (tertiary alicyclic amines) is 1. The van der Waals surface area contributed by atoms with Gasteiger partial charge in [0.05, 0.1) is 5.56 Å². The van der Waals surface area contributed by atoms with Gasteiger partial charge in [-0.25, -0.2) is 9.59 Å². The maximum atomic E-state index is 12.5. The number of carboxylic acid groups (broad SMARTS) is 1. The van der Waals surface area contributed by atoms with Crippen molar-refractivity contribution in [3.05, 3.63) is 29.3 Å². The lowest BCUT2D eigenvalue weighted by Gasteiger charge is -2.39. The van der Waals surface area contributed by atoms with Gasteiger partial charge in [0.1, 0.15) is 0 Å². The van der Waals surface area contributed by atoms with E-state index in [1.165, 1.54) is 6.07 Å². The molecule has 0 spiro atoms. The predicted molar refractivity (Wildman–Crippen MR) is 81.8 cm³/mol. The van der Waals surface area contributed by atoms with E-state index in [2.05, 4.69) is 19.2 Å². The second-order valence-corrected chi connectivity index (χ2v) is 5.80. The van der Waals surface area contributed by atoms with Gasteiger partial charge in [-0.15, -0.1) is 0 Å². The lowest BCUT2D eigenvalue weighted by atomic mass is 9.98. The number of piperidine rings is 1. The quantitative estimate of drug-likeness (QED) is 0.876. The van der Waals surface area contributed by atoms with Crippen LogP contribution < -0.4 is 5.32 Å². The van der Waals surface area contributed by atoms with Gasteiger partial charge in [-0.2, -0.15) is 0 Å². The number of hydrogen-bond acceptors (Lipinski definition) is 2. The molecule has 5 nitrogen and oxygen atoms in total. The van der Waals surface area contributed by atoms with E-state index in [1.54, 1.807) is 12.1 Å². The van der Waals surface area contributed by atoms with Crippen LogP contribution in [0.5, 0.6) is 0 Å². The number of carbonyl (C=O) groups excluding carboxylic acids is 1. The van der Waals surface area contributed by atoms with Gasteiger partial charge in [0.15, 0.2) is 0 Å². The Balaban J connectivity index is 2.19. The average Bonchev–Trinajstić information content (AvgIpc) is 2.40. The normalized spacial score (nSPS) is 22.0. The molecular formula is C16H22N2O3. The summed E-state index contributed by atoms with van der Waals surface area (Å²) in [5.41, 5.74) is 1.59. The number of amides is 2. The van der Waals surface area contributed by atoms with Crippen LogP contribution in [0, 0.1) is 6.92 Å². The summed E-state index contributed by atoms with van der Waals surface area (Å²) in [5, 5.41) is 11.9. The summed E-state index contributed by atoms with van der Waals surface area (Å²) in [4.78, 5) is 25.4. The van der Waals surface area contributed by atoms with E-state index < -0.39 is 5.97 Å². The molecule has 0 aliphatic carbocycles. The molecule has 0 aromatic heterocycles. The lowest BCUT2D eigenvalue weighted by Crippen LogP contribution is -2.49. The summed E-state index contributed by atoms with van der Waals surface area (Å²) in [7, 11) is 0. The van der Waals surface area contributed by atoms with Crippen LogP contribution in [0.25, 0.3) is 0 Å². The van der Waals surface area contributed by atoms with Crippen LogP contribution in [0.4, 0.5) is 10.5 Å². The number of nitrogens with one attached hydrogen (secondary N) is 1. The van der Waals surface area contributed by atoms with Gasteiger partial charge < -0.3 is 15.3 Å². The number of carbonyl (C=O) groups is 2. The molecule has 1 aromatic carbocycles. The van der Waals surface area contributed by atoms with E-state index >= 15 is 0 Å². The number of aromatic carboxylic acids is 1. The first-order valence-corrected chi connectivity index (χ1v) is 7.33. The van der Waals surface area contributed by atoms with Crippen molar-refractivity contribution >= 4 is 17.7 Å². The minimum absolute atomic E-state index is 0.152. The Bertz CT molecular complexity index is 546. The molecule has 0 bridgehead atoms. The fraction of sp³-hybridized carbons (Fsp3) is 0.500. The van der Waals surface area contributed by atoms with Gasteiger partial charge in [-0.1, -0.05) is 6.07 Å². The molecule has 2 N–H and O–H groups in total. The minimum atomic E-state index is -0.995. The zero-order chi connectivity index (χ0) is 15.6. The van der Waals surface area contributed by atoms with Crippen molar-refractivity contribution < 1.29 is 14.7 Å². The minimum Gasteiger partial charge on any atom is -0.478 e. The maximum absolute atomic E-state index is 12.5. The summed E-state index contributed by atoms with van der Waals surface area (Å²) in [6, 6.07) is 5.02. The first-order chi connectivity index (χ1) is 9.90. The van der Waals surface area contributed by atoms with Crippen LogP contribution in [0.15, 0.2) is 18.2 Å². The highest BCUT2D eigenvalue weighted by Crippen LogP contribution is 2.24. The molecule has 21 heavy (non-hydrogen) atoms. The average molecular weight is 290 g/mol. The van der Waals surface area contributed by atoms with Crippen molar-refractivity contribution in [1.82, 2.24) is 4.90 Å². The zero-order valence-corrected chi connectivity index (χ0v) is 12.7. The number of urea groups is 1. The number of benzene rings is 1. The van der Waals surface area contributed by atoms with Crippen LogP contribution in [0.3, 0.4) is 0 Å². The zero-order valence-electron chi connectivity index (χ0n) is 12.7. The van der Waals surface area contributed by atoms with Crippen molar-refractivity contribution in [3.8, 4) is 0 Å². The molecular weight excluding hydrogens is 268 g/mol. The van der Waals surface area contributed by atoms with E-state index in [0.717, 1.165) is 24.8 Å². The number of nitrogens with zero attached hydrogens (tertiary/aromatic N) is 1. The summed E-state index contributed by atoms with van der Waals surface area (Å²) in [6.07, 6.45) is 3.15. The van der Waals surface area contributed by atoms with Crippen molar-refractivity contribution in [2.24, 2.45) is 0 Å². The number of hydrogen-bond donors (Lipinski definition) is 2. The summed E-state index contributed by atoms with van der Waals surface area (Å²) in [5.74, 6) is -0.995. The highest BCUT2D eigenvalue weighted by molar-refractivity contribution is 5.94. The van der Waals surface area contributed by atoms with Gasteiger partial charge >= 0.3 is 12.0 Å². The Morgan fingerprint density at radius 2 is 1.86 bits per heavy atom. The smallest absolute Gasteiger partial charge is 0.335 e. The van der Waals surface area contributed by atoms with Gasteiger partial charge in [-0.05, 0) is 57.7 Å². The lowest BCUT2D eigenvalue weighted by molar-refractivity contribution is 0.0696. The van der Waals surface area contributed by atoms with Crippen LogP contribution >= 0.6 is 0 Å². The molecule has 1 saturated heterocycles. The van der Waals surface area contributed by atoms with Crippen LogP contribution in [0.1, 0.15) is 49.0 Å². The van der Waals surface area contributed by atoms with E-state index in [-0.39, 0.29) is 23.7 Å². The SMILES string of the molecule is Cc1ccc(C(=O)O)cc1NC(=O)N1C(C)CCCC1C. The third-order valence-corrected chi connectivity index (χ3v) is 4.15. The molecule has 1 aromatic rings. The third-order valence-electron chi connectivity index (χ3n) is 4.15. The van der Waals surface area contributed by atoms with E-state index in [0.29, 0.717) is 5.69 Å². The van der Waals surface area contributed by atoms with Crippen molar-refractivity contribution in [2.75, 3.05) is 5.32 Å².